The molecule has 0 spiro atoms. The van der Waals surface area contributed by atoms with Crippen LogP contribution in [0.25, 0.3) is 16.8 Å². The summed E-state index contributed by atoms with van der Waals surface area (Å²) in [4.78, 5) is 0. The minimum Gasteiger partial charge on any atom is -1.00 e. The number of hydrogen-bond donors (Lipinski definition) is 0. The first-order valence-corrected chi connectivity index (χ1v) is 5.90. The van der Waals surface area contributed by atoms with E-state index in [0.717, 1.165) is 6.42 Å². The molecule has 0 heterocycles. The Morgan fingerprint density at radius 3 is 2.45 bits per heavy atom. The molecule has 0 bridgehead atoms. The average Bonchev–Trinajstić information content (AvgIpc) is 3.01. The zero-order valence-electron chi connectivity index (χ0n) is 11.3. The van der Waals surface area contributed by atoms with Gasteiger partial charge in [-0.2, -0.15) is 6.08 Å². The van der Waals surface area contributed by atoms with Crippen molar-refractivity contribution in [3.05, 3.63) is 72.3 Å². The van der Waals surface area contributed by atoms with E-state index in [1.165, 1.54) is 16.3 Å². The maximum Gasteiger partial charge on any atom is 4.00 e. The van der Waals surface area contributed by atoms with Crippen LogP contribution in [0.5, 0.6) is 0 Å². The number of benzene rings is 1. The quantitative estimate of drug-likeness (QED) is 0.550. The number of fused-ring (bicyclic) bond motifs is 1. The second kappa shape index (κ2) is 12.3. The van der Waals surface area contributed by atoms with Crippen LogP contribution in [0.2, 0.25) is 0 Å². The van der Waals surface area contributed by atoms with E-state index < -0.39 is 0 Å². The molecule has 2 aromatic rings. The Kier molecular flexibility index (Phi) is 13.4. The molecule has 0 saturated carbocycles. The Balaban J connectivity index is 0. The Morgan fingerprint density at radius 2 is 1.95 bits per heavy atom. The van der Waals surface area contributed by atoms with Crippen LogP contribution in [-0.4, -0.2) is 0 Å². The fraction of sp³-hybridized carbons (Fsp3) is 0.118. The van der Waals surface area contributed by atoms with Gasteiger partial charge in [-0.05, 0) is 0 Å². The topological polar surface area (TPSA) is 0 Å². The molecule has 1 aliphatic rings. The number of rotatable bonds is 1. The Hall–Kier alpha value is -0.487. The standard InChI is InChI=1S/C12H11.C5H5.2ClH.Zr/c1-2-5-10-8-11-6-3-4-7-12(11)9-10;1-2-4-5-3-1;;;/h2-9H,1H3;1-3H,4H2;2*1H;/q2*-1;;;+4/p-2. The summed E-state index contributed by atoms with van der Waals surface area (Å²) in [6.45, 7) is 2.04. The number of allylic oxidation sites excluding steroid dienone is 5. The van der Waals surface area contributed by atoms with Gasteiger partial charge in [0.15, 0.2) is 0 Å². The van der Waals surface area contributed by atoms with E-state index in [0.29, 0.717) is 0 Å². The van der Waals surface area contributed by atoms with Crippen molar-refractivity contribution in [2.75, 3.05) is 0 Å². The first-order chi connectivity index (χ1) is 8.40. The normalized spacial score (nSPS) is 11.2. The van der Waals surface area contributed by atoms with E-state index in [9.17, 15) is 0 Å². The minimum atomic E-state index is 0. The van der Waals surface area contributed by atoms with E-state index in [2.05, 4.69) is 60.7 Å². The van der Waals surface area contributed by atoms with Crippen LogP contribution < -0.4 is 24.8 Å². The molecule has 3 rings (SSSR count). The summed E-state index contributed by atoms with van der Waals surface area (Å²) in [5.74, 6) is 0. The van der Waals surface area contributed by atoms with E-state index in [1.807, 2.05) is 19.1 Å². The maximum atomic E-state index is 2.99. The van der Waals surface area contributed by atoms with Gasteiger partial charge < -0.3 is 24.8 Å². The predicted molar refractivity (Wildman–Crippen MR) is 75.8 cm³/mol. The van der Waals surface area contributed by atoms with Crippen LogP contribution >= 0.6 is 0 Å². The molecular weight excluding hydrogens is 366 g/mol. The largest absolute Gasteiger partial charge is 4.00 e. The molecule has 0 atom stereocenters. The van der Waals surface area contributed by atoms with Crippen molar-refractivity contribution in [1.82, 2.24) is 0 Å². The monoisotopic (exact) mass is 380 g/mol. The first-order valence-electron chi connectivity index (χ1n) is 5.90. The van der Waals surface area contributed by atoms with Gasteiger partial charge in [-0.15, -0.1) is 53.1 Å². The summed E-state index contributed by atoms with van der Waals surface area (Å²) >= 11 is 0. The van der Waals surface area contributed by atoms with E-state index >= 15 is 0 Å². The van der Waals surface area contributed by atoms with Crippen molar-refractivity contribution in [2.24, 2.45) is 0 Å². The Labute approximate surface area is 153 Å². The van der Waals surface area contributed by atoms with Crippen molar-refractivity contribution >= 4 is 16.8 Å². The summed E-state index contributed by atoms with van der Waals surface area (Å²) in [6, 6.07) is 12.8. The van der Waals surface area contributed by atoms with Crippen LogP contribution in [0.4, 0.5) is 0 Å². The van der Waals surface area contributed by atoms with Crippen LogP contribution in [-0.2, 0) is 26.2 Å². The number of hydrogen-bond acceptors (Lipinski definition) is 0. The molecule has 0 radical (unpaired) electrons. The Morgan fingerprint density at radius 1 is 1.20 bits per heavy atom. The average molecular weight is 382 g/mol. The third-order valence-electron chi connectivity index (χ3n) is 2.59. The van der Waals surface area contributed by atoms with E-state index in [1.54, 1.807) is 0 Å². The van der Waals surface area contributed by atoms with Gasteiger partial charge in [0.25, 0.3) is 0 Å². The second-order valence-electron chi connectivity index (χ2n) is 3.92. The molecule has 0 fully saturated rings. The van der Waals surface area contributed by atoms with Crippen molar-refractivity contribution in [2.45, 2.75) is 13.3 Å². The summed E-state index contributed by atoms with van der Waals surface area (Å²) in [5, 5.41) is 2.65. The van der Waals surface area contributed by atoms with E-state index in [4.69, 9.17) is 0 Å². The molecule has 0 nitrogen and oxygen atoms in total. The first kappa shape index (κ1) is 21.8. The molecule has 0 aliphatic heterocycles. The van der Waals surface area contributed by atoms with Crippen LogP contribution in [0, 0.1) is 6.08 Å². The molecular formula is C17H16Cl2Zr. The maximum absolute atomic E-state index is 2.99. The molecule has 102 valence electrons. The van der Waals surface area contributed by atoms with Gasteiger partial charge >= 0.3 is 26.2 Å². The molecule has 20 heavy (non-hydrogen) atoms. The second-order valence-corrected chi connectivity index (χ2v) is 3.92. The van der Waals surface area contributed by atoms with Crippen molar-refractivity contribution in [3.63, 3.8) is 0 Å². The van der Waals surface area contributed by atoms with E-state index in [-0.39, 0.29) is 51.0 Å². The fourth-order valence-corrected chi connectivity index (χ4v) is 1.80. The van der Waals surface area contributed by atoms with Crippen LogP contribution in [0.3, 0.4) is 0 Å². The SMILES string of the molecule is CC=Cc1cc2ccccc2[cH-]1.[C-]1=CC=CC1.[Cl-].[Cl-].[Zr+4]. The summed E-state index contributed by atoms with van der Waals surface area (Å²) in [6.07, 6.45) is 14.2. The minimum absolute atomic E-state index is 0. The zero-order valence-corrected chi connectivity index (χ0v) is 15.3. The third kappa shape index (κ3) is 6.79. The molecule has 0 N–H and O–H groups in total. The molecule has 1 aliphatic carbocycles. The van der Waals surface area contributed by atoms with Crippen molar-refractivity contribution in [3.8, 4) is 0 Å². The predicted octanol–water partition coefficient (Wildman–Crippen LogP) is -1.10. The Bertz CT molecular complexity index is 522. The van der Waals surface area contributed by atoms with Gasteiger partial charge in [-0.3, -0.25) is 6.08 Å². The molecule has 2 aromatic carbocycles. The van der Waals surface area contributed by atoms with Gasteiger partial charge in [0.2, 0.25) is 0 Å². The molecule has 0 unspecified atom stereocenters. The van der Waals surface area contributed by atoms with Gasteiger partial charge in [0, 0.05) is 0 Å². The van der Waals surface area contributed by atoms with Crippen molar-refractivity contribution in [1.29, 1.82) is 0 Å². The summed E-state index contributed by atoms with van der Waals surface area (Å²) in [5.41, 5.74) is 1.29. The van der Waals surface area contributed by atoms with Gasteiger partial charge in [-0.25, -0.2) is 12.2 Å². The smallest absolute Gasteiger partial charge is 1.00 e. The molecule has 0 amide bonds. The van der Waals surface area contributed by atoms with Gasteiger partial charge in [-0.1, -0.05) is 25.1 Å². The van der Waals surface area contributed by atoms with Crippen molar-refractivity contribution < 1.29 is 51.0 Å². The fourth-order valence-electron chi connectivity index (χ4n) is 1.80. The third-order valence-corrected chi connectivity index (χ3v) is 2.59. The van der Waals surface area contributed by atoms with Gasteiger partial charge in [0.1, 0.15) is 0 Å². The van der Waals surface area contributed by atoms with Crippen LogP contribution in [0.15, 0.2) is 60.7 Å². The zero-order chi connectivity index (χ0) is 11.9. The summed E-state index contributed by atoms with van der Waals surface area (Å²) < 4.78 is 0. The summed E-state index contributed by atoms with van der Waals surface area (Å²) in [7, 11) is 0. The molecule has 0 aromatic heterocycles. The molecule has 0 saturated heterocycles. The van der Waals surface area contributed by atoms with Gasteiger partial charge in [0.05, 0.1) is 0 Å². The number of halogens is 2. The molecule has 3 heteroatoms. The van der Waals surface area contributed by atoms with Crippen LogP contribution in [0.1, 0.15) is 18.9 Å².